The molecule has 4 unspecified atom stereocenters. The molecule has 0 aliphatic carbocycles. The van der Waals surface area contributed by atoms with Gasteiger partial charge in [0.2, 0.25) is 5.91 Å². The Bertz CT molecular complexity index is 803. The van der Waals surface area contributed by atoms with E-state index in [1.54, 1.807) is 0 Å². The van der Waals surface area contributed by atoms with Crippen molar-refractivity contribution in [2.24, 2.45) is 0 Å². The van der Waals surface area contributed by atoms with Crippen LogP contribution >= 0.6 is 0 Å². The number of nitro benzene ring substituents is 1. The number of nitrogens with zero attached hydrogens (tertiary/aromatic N) is 1. The number of carboxylic acids is 1. The van der Waals surface area contributed by atoms with Crippen molar-refractivity contribution in [1.82, 2.24) is 5.32 Å². The average Bonchev–Trinajstić information content (AvgIpc) is 2.74. The molecule has 0 spiro atoms. The first kappa shape index (κ1) is 24.4. The van der Waals surface area contributed by atoms with E-state index in [-0.39, 0.29) is 11.4 Å². The number of aliphatic hydroxyl groups is 5. The molecule has 1 amide bonds. The Labute approximate surface area is 174 Å². The smallest absolute Gasteiger partial charge is 0.377 e. The molecule has 7 N–H and O–H groups in total. The highest BCUT2D eigenvalue weighted by Crippen LogP contribution is 2.35. The quantitative estimate of drug-likeness (QED) is 0.150. The van der Waals surface area contributed by atoms with Crippen LogP contribution in [0, 0.1) is 10.1 Å². The molecule has 0 aromatic heterocycles. The Hall–Kier alpha value is -2.88. The first-order chi connectivity index (χ1) is 14.5. The van der Waals surface area contributed by atoms with Crippen molar-refractivity contribution in [2.75, 3.05) is 13.2 Å². The summed E-state index contributed by atoms with van der Waals surface area (Å²) < 4.78 is 10.8. The number of carbonyl (C=O) groups excluding carboxylic acids is 1. The van der Waals surface area contributed by atoms with Crippen LogP contribution in [0.15, 0.2) is 24.3 Å². The zero-order chi connectivity index (χ0) is 23.3. The minimum atomic E-state index is -2.63. The SMILES string of the molecule is O=C(CO)NC1C(O)CC(Oc2ccc([N+](=O)[O-])cc2)(C(=O)O)OC1[C@@H](O)[C@H](O)CO. The lowest BCUT2D eigenvalue weighted by molar-refractivity contribution is -0.384. The summed E-state index contributed by atoms with van der Waals surface area (Å²) in [5.41, 5.74) is -0.299. The summed E-state index contributed by atoms with van der Waals surface area (Å²) in [6, 6.07) is 2.77. The van der Waals surface area contributed by atoms with Crippen LogP contribution in [0.5, 0.6) is 5.75 Å². The molecule has 1 heterocycles. The fraction of sp³-hybridized carbons (Fsp3) is 0.529. The van der Waals surface area contributed by atoms with Crippen LogP contribution < -0.4 is 10.1 Å². The topological polar surface area (TPSA) is 229 Å². The second-order valence-corrected chi connectivity index (χ2v) is 6.76. The summed E-state index contributed by atoms with van der Waals surface area (Å²) in [5.74, 6) is -5.54. The van der Waals surface area contributed by atoms with Gasteiger partial charge in [-0.1, -0.05) is 0 Å². The minimum absolute atomic E-state index is 0.186. The van der Waals surface area contributed by atoms with E-state index in [4.69, 9.17) is 19.7 Å². The number of rotatable bonds is 9. The van der Waals surface area contributed by atoms with E-state index in [0.29, 0.717) is 0 Å². The molecule has 1 aromatic carbocycles. The zero-order valence-electron chi connectivity index (χ0n) is 15.9. The summed E-state index contributed by atoms with van der Waals surface area (Å²) in [5, 5.41) is 71.3. The normalized spacial score (nSPS) is 27.7. The summed E-state index contributed by atoms with van der Waals surface area (Å²) in [6.45, 7) is -1.95. The van der Waals surface area contributed by atoms with Crippen molar-refractivity contribution >= 4 is 17.6 Å². The van der Waals surface area contributed by atoms with Crippen molar-refractivity contribution < 1.29 is 54.6 Å². The number of nitrogens with one attached hydrogen (secondary N) is 1. The second kappa shape index (κ2) is 9.95. The molecule has 1 fully saturated rings. The molecule has 0 radical (unpaired) electrons. The summed E-state index contributed by atoms with van der Waals surface area (Å²) in [4.78, 5) is 33.7. The van der Waals surface area contributed by atoms with E-state index in [1.165, 1.54) is 0 Å². The molecule has 6 atom stereocenters. The Morgan fingerprint density at radius 1 is 1.29 bits per heavy atom. The van der Waals surface area contributed by atoms with Crippen LogP contribution in [0.1, 0.15) is 6.42 Å². The van der Waals surface area contributed by atoms with Gasteiger partial charge in [0.05, 0.1) is 30.1 Å². The summed E-state index contributed by atoms with van der Waals surface area (Å²) >= 11 is 0. The third-order valence-corrected chi connectivity index (χ3v) is 4.62. The molecule has 2 rings (SSSR count). The van der Waals surface area contributed by atoms with Gasteiger partial charge in [-0.05, 0) is 12.1 Å². The highest BCUT2D eigenvalue weighted by atomic mass is 16.7. The molecule has 1 aliphatic heterocycles. The predicted octanol–water partition coefficient (Wildman–Crippen LogP) is -2.90. The molecular weight excluding hydrogens is 424 g/mol. The number of carbonyl (C=O) groups is 2. The van der Waals surface area contributed by atoms with Crippen molar-refractivity contribution in [1.29, 1.82) is 0 Å². The van der Waals surface area contributed by atoms with Crippen LogP contribution in [-0.2, 0) is 14.3 Å². The van der Waals surface area contributed by atoms with Crippen LogP contribution in [0.2, 0.25) is 0 Å². The molecule has 14 heteroatoms. The van der Waals surface area contributed by atoms with Crippen molar-refractivity contribution in [3.63, 3.8) is 0 Å². The summed E-state index contributed by atoms with van der Waals surface area (Å²) in [7, 11) is 0. The van der Waals surface area contributed by atoms with E-state index < -0.39 is 72.7 Å². The van der Waals surface area contributed by atoms with Gasteiger partial charge < -0.3 is 45.4 Å². The molecule has 1 saturated heterocycles. The van der Waals surface area contributed by atoms with Gasteiger partial charge in [-0.25, -0.2) is 4.79 Å². The van der Waals surface area contributed by atoms with E-state index in [0.717, 1.165) is 24.3 Å². The first-order valence-corrected chi connectivity index (χ1v) is 8.94. The fourth-order valence-electron chi connectivity index (χ4n) is 3.05. The van der Waals surface area contributed by atoms with Crippen LogP contribution in [-0.4, -0.2) is 96.9 Å². The molecular formula is C17H22N2O12. The van der Waals surface area contributed by atoms with E-state index in [9.17, 15) is 40.1 Å². The third-order valence-electron chi connectivity index (χ3n) is 4.62. The molecule has 31 heavy (non-hydrogen) atoms. The van der Waals surface area contributed by atoms with Crippen molar-refractivity contribution in [2.45, 2.75) is 42.7 Å². The van der Waals surface area contributed by atoms with Crippen molar-refractivity contribution in [3.8, 4) is 5.75 Å². The van der Waals surface area contributed by atoms with Crippen LogP contribution in [0.3, 0.4) is 0 Å². The van der Waals surface area contributed by atoms with Gasteiger partial charge in [-0.3, -0.25) is 14.9 Å². The highest BCUT2D eigenvalue weighted by Gasteiger charge is 2.56. The number of aliphatic hydroxyl groups excluding tert-OH is 5. The maximum absolute atomic E-state index is 12.0. The Morgan fingerprint density at radius 2 is 1.90 bits per heavy atom. The van der Waals surface area contributed by atoms with E-state index >= 15 is 0 Å². The fourth-order valence-corrected chi connectivity index (χ4v) is 3.05. The maximum atomic E-state index is 12.0. The third kappa shape index (κ3) is 5.43. The van der Waals surface area contributed by atoms with Gasteiger partial charge in [0.25, 0.3) is 5.69 Å². The molecule has 0 saturated carbocycles. The van der Waals surface area contributed by atoms with E-state index in [1.807, 2.05) is 0 Å². The number of benzene rings is 1. The van der Waals surface area contributed by atoms with Gasteiger partial charge in [0.1, 0.15) is 30.7 Å². The summed E-state index contributed by atoms with van der Waals surface area (Å²) in [6.07, 6.45) is -8.09. The van der Waals surface area contributed by atoms with Crippen LogP contribution in [0.4, 0.5) is 5.69 Å². The number of ether oxygens (including phenoxy) is 2. The molecule has 1 aromatic rings. The molecule has 172 valence electrons. The lowest BCUT2D eigenvalue weighted by Gasteiger charge is -2.46. The van der Waals surface area contributed by atoms with Gasteiger partial charge in [-0.2, -0.15) is 0 Å². The van der Waals surface area contributed by atoms with Crippen molar-refractivity contribution in [3.05, 3.63) is 34.4 Å². The monoisotopic (exact) mass is 446 g/mol. The van der Waals surface area contributed by atoms with E-state index in [2.05, 4.69) is 5.32 Å². The average molecular weight is 446 g/mol. The van der Waals surface area contributed by atoms with Gasteiger partial charge in [0.15, 0.2) is 0 Å². The number of carboxylic acid groups (broad SMARTS) is 1. The number of amides is 1. The van der Waals surface area contributed by atoms with Crippen LogP contribution in [0.25, 0.3) is 0 Å². The Morgan fingerprint density at radius 3 is 2.39 bits per heavy atom. The first-order valence-electron chi connectivity index (χ1n) is 8.94. The van der Waals surface area contributed by atoms with Gasteiger partial charge in [-0.15, -0.1) is 0 Å². The Kier molecular flexibility index (Phi) is 7.83. The maximum Gasteiger partial charge on any atom is 0.377 e. The zero-order valence-corrected chi connectivity index (χ0v) is 15.9. The number of hydrogen-bond acceptors (Lipinski definition) is 11. The number of nitro groups is 1. The number of non-ortho nitro benzene ring substituents is 1. The molecule has 14 nitrogen and oxygen atoms in total. The number of aliphatic carboxylic acids is 1. The molecule has 1 aliphatic rings. The lowest BCUT2D eigenvalue weighted by Crippen LogP contribution is -2.69. The second-order valence-electron chi connectivity index (χ2n) is 6.76. The minimum Gasteiger partial charge on any atom is -0.476 e. The standard InChI is InChI=1S/C17H22N2O12/c20-6-11(23)14(25)15-13(18-12(24)7-21)10(22)5-17(31-15,16(26)27)30-9-3-1-8(2-4-9)19(28)29/h1-4,10-11,13-15,20-23,25H,5-7H2,(H,18,24)(H,26,27)/t10?,11-,13?,14+,15?,17?/m1/s1. The largest absolute Gasteiger partial charge is 0.476 e. The highest BCUT2D eigenvalue weighted by molar-refractivity contribution is 5.78. The Balaban J connectivity index is 2.40. The lowest BCUT2D eigenvalue weighted by atomic mass is 9.88. The predicted molar refractivity (Wildman–Crippen MR) is 97.7 cm³/mol. The number of hydrogen-bond donors (Lipinski definition) is 7. The van der Waals surface area contributed by atoms with Gasteiger partial charge in [0, 0.05) is 12.1 Å². The van der Waals surface area contributed by atoms with Gasteiger partial charge >= 0.3 is 11.8 Å². The molecule has 0 bridgehead atoms.